The highest BCUT2D eigenvalue weighted by Gasteiger charge is 2.39. The summed E-state index contributed by atoms with van der Waals surface area (Å²) in [6.07, 6.45) is -3.73. The maximum Gasteiger partial charge on any atom is 0.418 e. The van der Waals surface area contributed by atoms with Crippen molar-refractivity contribution in [2.45, 2.75) is 32.2 Å². The van der Waals surface area contributed by atoms with E-state index in [2.05, 4.69) is 0 Å². The Balaban J connectivity index is 2.46. The number of hydrogen-bond acceptors (Lipinski definition) is 3. The number of rotatable bonds is 3. The van der Waals surface area contributed by atoms with Crippen molar-refractivity contribution in [2.75, 3.05) is 18.1 Å². The Hall–Kier alpha value is -1.27. The van der Waals surface area contributed by atoms with Gasteiger partial charge in [-0.05, 0) is 30.0 Å². The topological polar surface area (TPSA) is 43.7 Å². The zero-order valence-electron chi connectivity index (χ0n) is 11.2. The maximum absolute atomic E-state index is 13.2. The molecule has 0 radical (unpaired) electrons. The Morgan fingerprint density at radius 2 is 2.00 bits per heavy atom. The van der Waals surface area contributed by atoms with Gasteiger partial charge in [0.2, 0.25) is 0 Å². The van der Waals surface area contributed by atoms with Gasteiger partial charge in [0.05, 0.1) is 24.8 Å². The highest BCUT2D eigenvalue weighted by molar-refractivity contribution is 5.58. The SMILES string of the molecule is CC1CCN(c2ccc(CO)cc2C(F)(F)F)C1CO. The van der Waals surface area contributed by atoms with Crippen LogP contribution in [-0.2, 0) is 12.8 Å². The van der Waals surface area contributed by atoms with Crippen molar-refractivity contribution in [3.05, 3.63) is 29.3 Å². The number of halogens is 3. The summed E-state index contributed by atoms with van der Waals surface area (Å²) in [5.41, 5.74) is -0.441. The van der Waals surface area contributed by atoms with Crippen LogP contribution in [0.25, 0.3) is 0 Å². The van der Waals surface area contributed by atoms with Crippen LogP contribution in [0.2, 0.25) is 0 Å². The molecule has 112 valence electrons. The van der Waals surface area contributed by atoms with Crippen LogP contribution in [0.1, 0.15) is 24.5 Å². The second-order valence-corrected chi connectivity index (χ2v) is 5.22. The minimum atomic E-state index is -4.48. The number of aliphatic hydroxyl groups excluding tert-OH is 2. The molecule has 20 heavy (non-hydrogen) atoms. The molecule has 1 heterocycles. The number of anilines is 1. The van der Waals surface area contributed by atoms with Gasteiger partial charge in [-0.3, -0.25) is 0 Å². The summed E-state index contributed by atoms with van der Waals surface area (Å²) >= 11 is 0. The molecule has 1 saturated heterocycles. The molecule has 0 saturated carbocycles. The average Bonchev–Trinajstić information content (AvgIpc) is 2.78. The lowest BCUT2D eigenvalue weighted by atomic mass is 10.0. The maximum atomic E-state index is 13.2. The number of hydrogen-bond donors (Lipinski definition) is 2. The molecule has 2 rings (SSSR count). The molecule has 6 heteroatoms. The van der Waals surface area contributed by atoms with Gasteiger partial charge in [-0.25, -0.2) is 0 Å². The van der Waals surface area contributed by atoms with E-state index in [1.165, 1.54) is 12.1 Å². The van der Waals surface area contributed by atoms with Crippen molar-refractivity contribution in [2.24, 2.45) is 5.92 Å². The Morgan fingerprint density at radius 3 is 2.55 bits per heavy atom. The predicted molar refractivity (Wildman–Crippen MR) is 69.4 cm³/mol. The van der Waals surface area contributed by atoms with Gasteiger partial charge in [0.1, 0.15) is 0 Å². The molecule has 0 amide bonds. The monoisotopic (exact) mass is 289 g/mol. The van der Waals surface area contributed by atoms with Crippen LogP contribution in [0.3, 0.4) is 0 Å². The molecule has 2 atom stereocenters. The van der Waals surface area contributed by atoms with E-state index in [1.807, 2.05) is 6.92 Å². The first-order valence-corrected chi connectivity index (χ1v) is 6.57. The molecule has 1 aromatic carbocycles. The molecule has 0 bridgehead atoms. The molecular formula is C14H18F3NO2. The van der Waals surface area contributed by atoms with Crippen molar-refractivity contribution in [1.29, 1.82) is 0 Å². The van der Waals surface area contributed by atoms with Crippen LogP contribution in [-0.4, -0.2) is 29.4 Å². The Morgan fingerprint density at radius 1 is 1.30 bits per heavy atom. The fourth-order valence-corrected chi connectivity index (χ4v) is 2.74. The lowest BCUT2D eigenvalue weighted by Gasteiger charge is -2.30. The molecule has 0 aromatic heterocycles. The minimum absolute atomic E-state index is 0.0816. The van der Waals surface area contributed by atoms with Crippen molar-refractivity contribution < 1.29 is 23.4 Å². The van der Waals surface area contributed by atoms with E-state index in [1.54, 1.807) is 4.90 Å². The Labute approximate surface area is 115 Å². The highest BCUT2D eigenvalue weighted by Crippen LogP contribution is 2.40. The van der Waals surface area contributed by atoms with Crippen LogP contribution < -0.4 is 4.90 Å². The molecule has 2 N–H and O–H groups in total. The van der Waals surface area contributed by atoms with Crippen LogP contribution in [0.5, 0.6) is 0 Å². The van der Waals surface area contributed by atoms with Gasteiger partial charge in [0.25, 0.3) is 0 Å². The quantitative estimate of drug-likeness (QED) is 0.898. The van der Waals surface area contributed by atoms with Crippen LogP contribution >= 0.6 is 0 Å². The second kappa shape index (κ2) is 5.61. The third-order valence-corrected chi connectivity index (χ3v) is 3.93. The largest absolute Gasteiger partial charge is 0.418 e. The van der Waals surface area contributed by atoms with Crippen LogP contribution in [0.15, 0.2) is 18.2 Å². The lowest BCUT2D eigenvalue weighted by molar-refractivity contribution is -0.137. The number of nitrogens with zero attached hydrogens (tertiary/aromatic N) is 1. The Kier molecular flexibility index (Phi) is 4.25. The fourth-order valence-electron chi connectivity index (χ4n) is 2.74. The van der Waals surface area contributed by atoms with Gasteiger partial charge < -0.3 is 15.1 Å². The zero-order valence-corrected chi connectivity index (χ0v) is 11.2. The smallest absolute Gasteiger partial charge is 0.394 e. The average molecular weight is 289 g/mol. The van der Waals surface area contributed by atoms with Crippen LogP contribution in [0, 0.1) is 5.92 Å². The lowest BCUT2D eigenvalue weighted by Crippen LogP contribution is -2.36. The van der Waals surface area contributed by atoms with E-state index >= 15 is 0 Å². The van der Waals surface area contributed by atoms with E-state index in [4.69, 9.17) is 5.11 Å². The highest BCUT2D eigenvalue weighted by atomic mass is 19.4. The summed E-state index contributed by atoms with van der Waals surface area (Å²) in [6, 6.07) is 3.56. The minimum Gasteiger partial charge on any atom is -0.394 e. The summed E-state index contributed by atoms with van der Waals surface area (Å²) in [5, 5.41) is 18.4. The van der Waals surface area contributed by atoms with Gasteiger partial charge in [-0.1, -0.05) is 13.0 Å². The first-order valence-electron chi connectivity index (χ1n) is 6.57. The van der Waals surface area contributed by atoms with Gasteiger partial charge >= 0.3 is 6.18 Å². The van der Waals surface area contributed by atoms with E-state index in [-0.39, 0.29) is 29.8 Å². The van der Waals surface area contributed by atoms with E-state index in [0.717, 1.165) is 12.5 Å². The summed E-state index contributed by atoms with van der Waals surface area (Å²) < 4.78 is 39.5. The Bertz CT molecular complexity index is 476. The standard InChI is InChI=1S/C14H18F3NO2/c1-9-4-5-18(13(9)8-20)12-3-2-10(7-19)6-11(12)14(15,16)17/h2-3,6,9,13,19-20H,4-5,7-8H2,1H3. The van der Waals surface area contributed by atoms with E-state index in [9.17, 15) is 18.3 Å². The summed E-state index contributed by atoms with van der Waals surface area (Å²) in [4.78, 5) is 1.62. The van der Waals surface area contributed by atoms with Crippen molar-refractivity contribution in [1.82, 2.24) is 0 Å². The molecule has 1 aromatic rings. The van der Waals surface area contributed by atoms with Gasteiger partial charge in [0.15, 0.2) is 0 Å². The van der Waals surface area contributed by atoms with Gasteiger partial charge in [-0.15, -0.1) is 0 Å². The summed E-state index contributed by atoms with van der Waals surface area (Å²) in [7, 11) is 0. The third kappa shape index (κ3) is 2.76. The molecule has 0 spiro atoms. The van der Waals surface area contributed by atoms with Crippen molar-refractivity contribution >= 4 is 5.69 Å². The molecule has 1 aliphatic heterocycles. The third-order valence-electron chi connectivity index (χ3n) is 3.93. The normalized spacial score (nSPS) is 23.4. The number of alkyl halides is 3. The second-order valence-electron chi connectivity index (χ2n) is 5.22. The first-order chi connectivity index (χ1) is 9.38. The summed E-state index contributed by atoms with van der Waals surface area (Å²) in [6.45, 7) is 1.83. The van der Waals surface area contributed by atoms with Gasteiger partial charge in [0, 0.05) is 12.2 Å². The van der Waals surface area contributed by atoms with Crippen LogP contribution in [0.4, 0.5) is 18.9 Å². The molecule has 3 nitrogen and oxygen atoms in total. The first kappa shape index (κ1) is 15.1. The number of benzene rings is 1. The van der Waals surface area contributed by atoms with E-state index in [0.29, 0.717) is 6.54 Å². The molecule has 0 aliphatic carbocycles. The zero-order chi connectivity index (χ0) is 14.9. The van der Waals surface area contributed by atoms with Crippen molar-refractivity contribution in [3.8, 4) is 0 Å². The number of aliphatic hydroxyl groups is 2. The van der Waals surface area contributed by atoms with Gasteiger partial charge in [-0.2, -0.15) is 13.2 Å². The fraction of sp³-hybridized carbons (Fsp3) is 0.571. The molecular weight excluding hydrogens is 271 g/mol. The predicted octanol–water partition coefficient (Wildman–Crippen LogP) is 2.40. The summed E-state index contributed by atoms with van der Waals surface area (Å²) in [5.74, 6) is 0.151. The molecule has 1 aliphatic rings. The van der Waals surface area contributed by atoms with Crippen molar-refractivity contribution in [3.63, 3.8) is 0 Å². The molecule has 1 fully saturated rings. The van der Waals surface area contributed by atoms with E-state index < -0.39 is 18.3 Å². The molecule has 2 unspecified atom stereocenters.